The van der Waals surface area contributed by atoms with E-state index in [0.717, 1.165) is 18.0 Å². The first kappa shape index (κ1) is 11.0. The normalized spacial score (nSPS) is 32.4. The fourth-order valence-electron chi connectivity index (χ4n) is 4.33. The largest absolute Gasteiger partial charge is 0.315 e. The van der Waals surface area contributed by atoms with E-state index in [-0.39, 0.29) is 0 Å². The summed E-state index contributed by atoms with van der Waals surface area (Å²) in [7, 11) is 0. The van der Waals surface area contributed by atoms with E-state index in [9.17, 15) is 0 Å². The van der Waals surface area contributed by atoms with Crippen LogP contribution in [0.5, 0.6) is 0 Å². The monoisotopic (exact) mass is 242 g/mol. The van der Waals surface area contributed by atoms with Crippen LogP contribution in [0.3, 0.4) is 0 Å². The van der Waals surface area contributed by atoms with Gasteiger partial charge in [0.15, 0.2) is 0 Å². The van der Waals surface area contributed by atoms with E-state index in [0.29, 0.717) is 0 Å². The Hall–Kier alpha value is -0.860. The van der Waals surface area contributed by atoms with Crippen molar-refractivity contribution in [2.45, 2.75) is 37.8 Å². The highest BCUT2D eigenvalue weighted by molar-refractivity contribution is 5.33. The molecule has 2 atom stereocenters. The number of benzene rings is 1. The minimum absolute atomic E-state index is 0.773. The molecule has 2 heteroatoms. The van der Waals surface area contributed by atoms with Crippen LogP contribution in [0.2, 0.25) is 0 Å². The predicted molar refractivity (Wildman–Crippen MR) is 73.7 cm³/mol. The minimum atomic E-state index is 0.773. The van der Waals surface area contributed by atoms with Gasteiger partial charge < -0.3 is 5.32 Å². The van der Waals surface area contributed by atoms with Crippen LogP contribution < -0.4 is 5.32 Å². The molecule has 2 fully saturated rings. The van der Waals surface area contributed by atoms with E-state index in [4.69, 9.17) is 0 Å². The summed E-state index contributed by atoms with van der Waals surface area (Å²) in [5.74, 6) is 0.919. The van der Waals surface area contributed by atoms with Gasteiger partial charge >= 0.3 is 0 Å². The Bertz CT molecular complexity index is 417. The van der Waals surface area contributed by atoms with Gasteiger partial charge in [0.05, 0.1) is 0 Å². The fourth-order valence-corrected chi connectivity index (χ4v) is 4.33. The molecule has 2 saturated heterocycles. The van der Waals surface area contributed by atoms with Crippen molar-refractivity contribution in [2.24, 2.45) is 5.92 Å². The predicted octanol–water partition coefficient (Wildman–Crippen LogP) is 1.84. The molecular formula is C16H22N2. The fraction of sp³-hybridized carbons (Fsp3) is 0.625. The zero-order valence-electron chi connectivity index (χ0n) is 10.9. The van der Waals surface area contributed by atoms with Gasteiger partial charge in [-0.15, -0.1) is 0 Å². The van der Waals surface area contributed by atoms with E-state index in [2.05, 4.69) is 34.5 Å². The first-order chi connectivity index (χ1) is 8.92. The van der Waals surface area contributed by atoms with Gasteiger partial charge in [-0.05, 0) is 55.8 Å². The molecule has 18 heavy (non-hydrogen) atoms. The van der Waals surface area contributed by atoms with Gasteiger partial charge in [0, 0.05) is 18.6 Å². The third-order valence-electron chi connectivity index (χ3n) is 5.22. The van der Waals surface area contributed by atoms with Crippen LogP contribution in [0.15, 0.2) is 24.3 Å². The molecule has 0 amide bonds. The lowest BCUT2D eigenvalue weighted by Gasteiger charge is -2.41. The number of likely N-dealkylation sites (tertiary alicyclic amines) is 1. The van der Waals surface area contributed by atoms with Crippen LogP contribution in [-0.4, -0.2) is 36.6 Å². The van der Waals surface area contributed by atoms with E-state index in [1.54, 1.807) is 11.1 Å². The third-order valence-corrected chi connectivity index (χ3v) is 5.22. The molecule has 1 N–H and O–H groups in total. The van der Waals surface area contributed by atoms with Crippen molar-refractivity contribution in [1.82, 2.24) is 10.2 Å². The molecule has 1 aromatic rings. The van der Waals surface area contributed by atoms with Crippen LogP contribution in [0.25, 0.3) is 0 Å². The molecule has 2 unspecified atom stereocenters. The van der Waals surface area contributed by atoms with Crippen molar-refractivity contribution < 1.29 is 0 Å². The highest BCUT2D eigenvalue weighted by Gasteiger charge is 2.39. The molecule has 4 rings (SSSR count). The van der Waals surface area contributed by atoms with Crippen molar-refractivity contribution in [3.63, 3.8) is 0 Å². The highest BCUT2D eigenvalue weighted by Crippen LogP contribution is 2.33. The summed E-state index contributed by atoms with van der Waals surface area (Å²) in [6.07, 6.45) is 5.39. The van der Waals surface area contributed by atoms with Gasteiger partial charge in [-0.1, -0.05) is 24.3 Å². The second-order valence-electron chi connectivity index (χ2n) is 6.20. The molecule has 0 spiro atoms. The summed E-state index contributed by atoms with van der Waals surface area (Å²) in [5.41, 5.74) is 3.19. The van der Waals surface area contributed by atoms with E-state index >= 15 is 0 Å². The Balaban J connectivity index is 1.55. The maximum absolute atomic E-state index is 3.60. The zero-order valence-corrected chi connectivity index (χ0v) is 10.9. The number of hydrogen-bond acceptors (Lipinski definition) is 2. The van der Waals surface area contributed by atoms with E-state index in [1.807, 2.05) is 0 Å². The van der Waals surface area contributed by atoms with Crippen molar-refractivity contribution in [1.29, 1.82) is 0 Å². The van der Waals surface area contributed by atoms with Gasteiger partial charge in [-0.2, -0.15) is 0 Å². The molecule has 0 radical (unpaired) electrons. The first-order valence-corrected chi connectivity index (χ1v) is 7.45. The molecule has 96 valence electrons. The van der Waals surface area contributed by atoms with Gasteiger partial charge in [0.25, 0.3) is 0 Å². The Labute approximate surface area is 109 Å². The second kappa shape index (κ2) is 4.36. The lowest BCUT2D eigenvalue weighted by Crippen LogP contribution is -2.50. The van der Waals surface area contributed by atoms with Crippen molar-refractivity contribution >= 4 is 0 Å². The van der Waals surface area contributed by atoms with Crippen LogP contribution in [-0.2, 0) is 12.8 Å². The number of hydrogen-bond donors (Lipinski definition) is 1. The number of fused-ring (bicyclic) bond motifs is 2. The van der Waals surface area contributed by atoms with Crippen molar-refractivity contribution in [2.75, 3.05) is 19.6 Å². The first-order valence-electron chi connectivity index (χ1n) is 7.45. The number of nitrogens with one attached hydrogen (secondary N) is 1. The molecule has 1 aliphatic carbocycles. The molecule has 0 aromatic heterocycles. The average molecular weight is 242 g/mol. The molecule has 1 aromatic carbocycles. The van der Waals surface area contributed by atoms with Crippen molar-refractivity contribution in [3.05, 3.63) is 35.4 Å². The van der Waals surface area contributed by atoms with Gasteiger partial charge in [-0.3, -0.25) is 4.90 Å². The maximum atomic E-state index is 3.60. The molecule has 3 aliphatic rings. The zero-order chi connectivity index (χ0) is 11.9. The summed E-state index contributed by atoms with van der Waals surface area (Å²) in [5, 5.41) is 3.60. The molecule has 0 bridgehead atoms. The summed E-state index contributed by atoms with van der Waals surface area (Å²) >= 11 is 0. The average Bonchev–Trinajstić information content (AvgIpc) is 3.04. The van der Waals surface area contributed by atoms with Gasteiger partial charge in [-0.25, -0.2) is 0 Å². The van der Waals surface area contributed by atoms with Gasteiger partial charge in [0.2, 0.25) is 0 Å². The molecule has 2 nitrogen and oxygen atoms in total. The SMILES string of the molecule is c1ccc2c(c1)CC(N1CCCC3CNCC31)C2. The standard InChI is InChI=1S/C16H22N2/c1-2-5-13-9-15(8-12(13)4-1)18-7-3-6-14-10-17-11-16(14)18/h1-2,4-5,14-17H,3,6-11H2. The summed E-state index contributed by atoms with van der Waals surface area (Å²) < 4.78 is 0. The second-order valence-corrected chi connectivity index (χ2v) is 6.20. The summed E-state index contributed by atoms with van der Waals surface area (Å²) in [6.45, 7) is 3.79. The minimum Gasteiger partial charge on any atom is -0.315 e. The Morgan fingerprint density at radius 2 is 1.83 bits per heavy atom. The maximum Gasteiger partial charge on any atom is 0.0264 e. The topological polar surface area (TPSA) is 15.3 Å². The van der Waals surface area contributed by atoms with Crippen LogP contribution in [0, 0.1) is 5.92 Å². The third kappa shape index (κ3) is 1.70. The number of nitrogens with zero attached hydrogens (tertiary/aromatic N) is 1. The smallest absolute Gasteiger partial charge is 0.0264 e. The molecular weight excluding hydrogens is 220 g/mol. The summed E-state index contributed by atoms with van der Waals surface area (Å²) in [6, 6.07) is 10.6. The lowest BCUT2D eigenvalue weighted by atomic mass is 9.90. The van der Waals surface area contributed by atoms with Gasteiger partial charge in [0.1, 0.15) is 0 Å². The molecule has 2 aliphatic heterocycles. The number of rotatable bonds is 1. The Kier molecular flexibility index (Phi) is 2.66. The van der Waals surface area contributed by atoms with Crippen LogP contribution >= 0.6 is 0 Å². The highest BCUT2D eigenvalue weighted by atomic mass is 15.2. The van der Waals surface area contributed by atoms with E-state index < -0.39 is 0 Å². The van der Waals surface area contributed by atoms with Crippen molar-refractivity contribution in [3.8, 4) is 0 Å². The summed E-state index contributed by atoms with van der Waals surface area (Å²) in [4.78, 5) is 2.83. The quantitative estimate of drug-likeness (QED) is 0.808. The van der Waals surface area contributed by atoms with E-state index in [1.165, 1.54) is 45.3 Å². The Morgan fingerprint density at radius 3 is 2.61 bits per heavy atom. The molecule has 2 heterocycles. The van der Waals surface area contributed by atoms with Crippen LogP contribution in [0.4, 0.5) is 0 Å². The number of piperidine rings is 1. The Morgan fingerprint density at radius 1 is 1.06 bits per heavy atom. The molecule has 0 saturated carbocycles. The van der Waals surface area contributed by atoms with Crippen LogP contribution in [0.1, 0.15) is 24.0 Å². The lowest BCUT2D eigenvalue weighted by molar-refractivity contribution is 0.0812.